The van der Waals surface area contributed by atoms with Gasteiger partial charge in [-0.25, -0.2) is 0 Å². The first-order valence-corrected chi connectivity index (χ1v) is 11.0. The Labute approximate surface area is 180 Å². The van der Waals surface area contributed by atoms with E-state index in [1.807, 2.05) is 36.5 Å². The van der Waals surface area contributed by atoms with Gasteiger partial charge in [-0.3, -0.25) is 9.59 Å². The third kappa shape index (κ3) is 8.04. The maximum absolute atomic E-state index is 12.3. The van der Waals surface area contributed by atoms with Crippen LogP contribution in [0.25, 0.3) is 0 Å². The van der Waals surface area contributed by atoms with Crippen LogP contribution in [0.2, 0.25) is 0 Å². The van der Waals surface area contributed by atoms with Crippen molar-refractivity contribution in [2.24, 2.45) is 11.8 Å². The number of allylic oxidation sites excluding steroid dienone is 5. The number of ketones is 1. The van der Waals surface area contributed by atoms with Crippen LogP contribution in [0.3, 0.4) is 0 Å². The Morgan fingerprint density at radius 2 is 2.07 bits per heavy atom. The number of Topliss-reactive ketones (excluding diaryl/α,β-unsaturated/α-hetero) is 1. The van der Waals surface area contributed by atoms with E-state index in [9.17, 15) is 19.8 Å². The first kappa shape index (κ1) is 24.3. The van der Waals surface area contributed by atoms with Crippen molar-refractivity contribution in [1.82, 2.24) is 0 Å². The van der Waals surface area contributed by atoms with Crippen LogP contribution >= 0.6 is 0 Å². The summed E-state index contributed by atoms with van der Waals surface area (Å²) in [5.74, 6) is -0.548. The molecule has 2 aliphatic carbocycles. The van der Waals surface area contributed by atoms with Crippen LogP contribution in [-0.2, 0) is 14.3 Å². The summed E-state index contributed by atoms with van der Waals surface area (Å²) in [6.45, 7) is 1.77. The zero-order chi connectivity index (χ0) is 22.0. The number of esters is 1. The van der Waals surface area contributed by atoms with Crippen LogP contribution in [0.4, 0.5) is 0 Å². The van der Waals surface area contributed by atoms with Gasteiger partial charge in [-0.1, -0.05) is 48.1 Å². The van der Waals surface area contributed by atoms with E-state index in [-0.39, 0.29) is 30.0 Å². The number of rotatable bonds is 11. The average Bonchev–Trinajstić information content (AvgIpc) is 3.31. The van der Waals surface area contributed by atoms with Crippen molar-refractivity contribution < 1.29 is 24.5 Å². The molecule has 0 spiro atoms. The Bertz CT molecular complexity index is 698. The molecule has 1 saturated carbocycles. The zero-order valence-corrected chi connectivity index (χ0v) is 18.3. The van der Waals surface area contributed by atoms with Crippen LogP contribution in [-0.4, -0.2) is 40.8 Å². The fourth-order valence-corrected chi connectivity index (χ4v) is 4.07. The molecule has 0 aliphatic heterocycles. The van der Waals surface area contributed by atoms with E-state index in [1.54, 1.807) is 6.92 Å². The lowest BCUT2D eigenvalue weighted by Gasteiger charge is -2.19. The molecule has 2 rings (SSSR count). The molecule has 2 N–H and O–H groups in total. The summed E-state index contributed by atoms with van der Waals surface area (Å²) in [5.41, 5.74) is 0.321. The average molecular weight is 417 g/mol. The number of carbonyl (C=O) groups is 2. The lowest BCUT2D eigenvalue weighted by molar-refractivity contribution is -0.140. The first-order chi connectivity index (χ1) is 14.3. The van der Waals surface area contributed by atoms with Gasteiger partial charge in [0.05, 0.1) is 18.8 Å². The largest absolute Gasteiger partial charge is 0.469 e. The minimum atomic E-state index is -0.953. The highest BCUT2D eigenvalue weighted by molar-refractivity contribution is 5.84. The maximum atomic E-state index is 12.3. The molecule has 0 aromatic rings. The summed E-state index contributed by atoms with van der Waals surface area (Å²) in [5, 5.41) is 20.9. The highest BCUT2D eigenvalue weighted by Crippen LogP contribution is 2.34. The van der Waals surface area contributed by atoms with E-state index in [4.69, 9.17) is 0 Å². The smallest absolute Gasteiger partial charge is 0.305 e. The Kier molecular flexibility index (Phi) is 9.73. The van der Waals surface area contributed by atoms with Gasteiger partial charge in [-0.05, 0) is 51.9 Å². The van der Waals surface area contributed by atoms with Crippen molar-refractivity contribution in [3.8, 4) is 0 Å². The molecule has 0 radical (unpaired) electrons. The second-order valence-corrected chi connectivity index (χ2v) is 8.58. The number of ether oxygens (including phenoxy) is 1. The minimum Gasteiger partial charge on any atom is -0.469 e. The number of methoxy groups -OCH3 is 1. The van der Waals surface area contributed by atoms with E-state index >= 15 is 0 Å². The van der Waals surface area contributed by atoms with E-state index in [0.717, 1.165) is 19.3 Å². The highest BCUT2D eigenvalue weighted by atomic mass is 16.5. The van der Waals surface area contributed by atoms with Gasteiger partial charge >= 0.3 is 5.97 Å². The quantitative estimate of drug-likeness (QED) is 0.389. The fraction of sp³-hybridized carbons (Fsp3) is 0.600. The van der Waals surface area contributed by atoms with Crippen molar-refractivity contribution in [1.29, 1.82) is 0 Å². The van der Waals surface area contributed by atoms with Crippen molar-refractivity contribution >= 4 is 11.8 Å². The molecule has 2 aliphatic rings. The molecule has 5 heteroatoms. The van der Waals surface area contributed by atoms with Gasteiger partial charge in [0.25, 0.3) is 0 Å². The molecule has 4 unspecified atom stereocenters. The van der Waals surface area contributed by atoms with Crippen LogP contribution < -0.4 is 0 Å². The molecular formula is C25H36O5. The SMILES string of the molecule is COC(=O)CC/C=C/CCC1C(=O)CC(O)C1/C=C/CC(C)(O)/C=C/C1=CCCC1. The summed E-state index contributed by atoms with van der Waals surface area (Å²) in [6, 6.07) is 0. The van der Waals surface area contributed by atoms with Gasteiger partial charge in [0.1, 0.15) is 5.78 Å². The van der Waals surface area contributed by atoms with Gasteiger partial charge in [-0.2, -0.15) is 0 Å². The second kappa shape index (κ2) is 12.0. The Hall–Kier alpha value is -1.98. The number of aliphatic hydroxyl groups excluding tert-OH is 1. The van der Waals surface area contributed by atoms with Gasteiger partial charge in [0.2, 0.25) is 0 Å². The molecule has 30 heavy (non-hydrogen) atoms. The Balaban J connectivity index is 1.83. The number of hydrogen-bond donors (Lipinski definition) is 2. The van der Waals surface area contributed by atoms with E-state index < -0.39 is 11.7 Å². The predicted octanol–water partition coefficient (Wildman–Crippen LogP) is 4.21. The van der Waals surface area contributed by atoms with Gasteiger partial charge in [0.15, 0.2) is 0 Å². The van der Waals surface area contributed by atoms with Gasteiger partial charge in [0, 0.05) is 24.7 Å². The van der Waals surface area contributed by atoms with Crippen molar-refractivity contribution in [3.63, 3.8) is 0 Å². The summed E-state index contributed by atoms with van der Waals surface area (Å²) >= 11 is 0. The van der Waals surface area contributed by atoms with Crippen molar-refractivity contribution in [3.05, 3.63) is 48.1 Å². The summed E-state index contributed by atoms with van der Waals surface area (Å²) in [7, 11) is 1.37. The van der Waals surface area contributed by atoms with Crippen LogP contribution in [0.1, 0.15) is 64.7 Å². The van der Waals surface area contributed by atoms with Gasteiger partial charge in [-0.15, -0.1) is 0 Å². The molecule has 0 aromatic heterocycles. The molecule has 0 bridgehead atoms. The molecular weight excluding hydrogens is 380 g/mol. The molecule has 0 amide bonds. The molecule has 1 fully saturated rings. The third-order valence-electron chi connectivity index (χ3n) is 5.91. The number of carbonyl (C=O) groups excluding carboxylic acids is 2. The molecule has 5 nitrogen and oxygen atoms in total. The lowest BCUT2D eigenvalue weighted by Crippen LogP contribution is -2.21. The summed E-state index contributed by atoms with van der Waals surface area (Å²) in [4.78, 5) is 23.4. The monoisotopic (exact) mass is 416 g/mol. The Morgan fingerprint density at radius 3 is 2.77 bits per heavy atom. The van der Waals surface area contributed by atoms with E-state index in [1.165, 1.54) is 19.1 Å². The van der Waals surface area contributed by atoms with Crippen LogP contribution in [0.15, 0.2) is 48.1 Å². The standard InChI is InChI=1S/C25H36O5/c1-25(29,17-15-19-10-7-8-11-19)16-9-13-21-20(22(26)18-23(21)27)12-5-3-4-6-14-24(28)30-2/h3-4,9-10,13,15,17,20-21,23,27,29H,5-8,11-12,14,16,18H2,1-2H3/b4-3+,13-9+,17-15+. The summed E-state index contributed by atoms with van der Waals surface area (Å²) < 4.78 is 4.60. The van der Waals surface area contributed by atoms with Gasteiger partial charge < -0.3 is 14.9 Å². The highest BCUT2D eigenvalue weighted by Gasteiger charge is 2.39. The maximum Gasteiger partial charge on any atom is 0.305 e. The normalized spacial score (nSPS) is 26.7. The third-order valence-corrected chi connectivity index (χ3v) is 5.91. The number of hydrogen-bond acceptors (Lipinski definition) is 5. The topological polar surface area (TPSA) is 83.8 Å². The van der Waals surface area contributed by atoms with Crippen LogP contribution in [0.5, 0.6) is 0 Å². The van der Waals surface area contributed by atoms with Crippen molar-refractivity contribution in [2.75, 3.05) is 7.11 Å². The first-order valence-electron chi connectivity index (χ1n) is 11.0. The van der Waals surface area contributed by atoms with Crippen molar-refractivity contribution in [2.45, 2.75) is 76.4 Å². The van der Waals surface area contributed by atoms with Crippen LogP contribution in [0, 0.1) is 11.8 Å². The number of aliphatic hydroxyl groups is 2. The second-order valence-electron chi connectivity index (χ2n) is 8.58. The molecule has 0 aromatic carbocycles. The van der Waals surface area contributed by atoms with E-state index in [0.29, 0.717) is 25.7 Å². The van der Waals surface area contributed by atoms with E-state index in [2.05, 4.69) is 10.8 Å². The fourth-order valence-electron chi connectivity index (χ4n) is 4.07. The molecule has 0 heterocycles. The minimum absolute atomic E-state index is 0.0972. The molecule has 0 saturated heterocycles. The zero-order valence-electron chi connectivity index (χ0n) is 18.3. The molecule has 4 atom stereocenters. The predicted molar refractivity (Wildman–Crippen MR) is 118 cm³/mol. The lowest BCUT2D eigenvalue weighted by atomic mass is 9.88. The molecule has 166 valence electrons. The Morgan fingerprint density at radius 1 is 1.30 bits per heavy atom. The summed E-state index contributed by atoms with van der Waals surface area (Å²) in [6.07, 6.45) is 19.4.